The molecule has 1 fully saturated rings. The molecule has 212 valence electrons. The van der Waals surface area contributed by atoms with Gasteiger partial charge in [-0.1, -0.05) is 45.0 Å². The lowest BCUT2D eigenvalue weighted by molar-refractivity contribution is -0.149. The van der Waals surface area contributed by atoms with Gasteiger partial charge in [0.15, 0.2) is 0 Å². The summed E-state index contributed by atoms with van der Waals surface area (Å²) in [5, 5.41) is 0. The van der Waals surface area contributed by atoms with E-state index in [4.69, 9.17) is 9.47 Å². The zero-order chi connectivity index (χ0) is 28.9. The van der Waals surface area contributed by atoms with Gasteiger partial charge in [-0.05, 0) is 92.1 Å². The van der Waals surface area contributed by atoms with Gasteiger partial charge in [-0.25, -0.2) is 17.5 Å². The average molecular weight is 566 g/mol. The van der Waals surface area contributed by atoms with Gasteiger partial charge in [0.25, 0.3) is 15.9 Å². The standard InChI is InChI=1S/C32H36FNO5S/c1-31(2,3)22-9-14-25(15-10-22)40(36,37)34-30(35)21-8-17-28-26(19-21)29-27(32(4,5)39-28)16-13-24(38-29)18-20-6-11-23(33)12-7-20/h6-12,14-15,17,19,24,27,29H,13,16,18H2,1-5H3,(H,34,35)/t24-,27+,29-/m0/s1. The zero-order valence-electron chi connectivity index (χ0n) is 23.5. The molecule has 0 saturated carbocycles. The number of ether oxygens (including phenoxy) is 2. The van der Waals surface area contributed by atoms with Gasteiger partial charge in [0.1, 0.15) is 17.2 Å². The highest BCUT2D eigenvalue weighted by atomic mass is 32.2. The van der Waals surface area contributed by atoms with Crippen molar-refractivity contribution in [2.45, 2.75) is 82.0 Å². The molecule has 2 aliphatic rings. The van der Waals surface area contributed by atoms with Crippen LogP contribution in [0.4, 0.5) is 4.39 Å². The summed E-state index contributed by atoms with van der Waals surface area (Å²) in [6, 6.07) is 18.0. The van der Waals surface area contributed by atoms with E-state index in [-0.39, 0.29) is 39.8 Å². The first-order chi connectivity index (χ1) is 18.7. The van der Waals surface area contributed by atoms with E-state index in [1.54, 1.807) is 42.5 Å². The van der Waals surface area contributed by atoms with Gasteiger partial charge in [0.05, 0.1) is 17.1 Å². The largest absolute Gasteiger partial charge is 0.487 e. The zero-order valence-corrected chi connectivity index (χ0v) is 24.3. The van der Waals surface area contributed by atoms with Crippen molar-refractivity contribution in [3.8, 4) is 5.75 Å². The van der Waals surface area contributed by atoms with Crippen LogP contribution in [0.25, 0.3) is 0 Å². The van der Waals surface area contributed by atoms with Crippen molar-refractivity contribution in [3.05, 3.63) is 94.8 Å². The second kappa shape index (κ2) is 10.3. The van der Waals surface area contributed by atoms with Gasteiger partial charge >= 0.3 is 0 Å². The maximum atomic E-state index is 13.4. The van der Waals surface area contributed by atoms with Gasteiger partial charge in [-0.3, -0.25) is 4.79 Å². The van der Waals surface area contributed by atoms with Crippen molar-refractivity contribution < 1.29 is 27.1 Å². The third-order valence-corrected chi connectivity index (χ3v) is 9.33. The van der Waals surface area contributed by atoms with E-state index >= 15 is 0 Å². The van der Waals surface area contributed by atoms with E-state index in [2.05, 4.69) is 4.72 Å². The molecule has 0 aliphatic carbocycles. The number of hydrogen-bond acceptors (Lipinski definition) is 5. The van der Waals surface area contributed by atoms with Gasteiger partial charge in [0, 0.05) is 17.0 Å². The Kier molecular flexibility index (Phi) is 7.29. The lowest BCUT2D eigenvalue weighted by Crippen LogP contribution is -2.48. The number of nitrogens with one attached hydrogen (secondary N) is 1. The van der Waals surface area contributed by atoms with E-state index in [1.165, 1.54) is 24.3 Å². The fourth-order valence-corrected chi connectivity index (χ4v) is 6.64. The Labute approximate surface area is 236 Å². The van der Waals surface area contributed by atoms with Crippen molar-refractivity contribution in [2.24, 2.45) is 5.92 Å². The predicted octanol–water partition coefficient (Wildman–Crippen LogP) is 6.49. The van der Waals surface area contributed by atoms with Crippen LogP contribution in [0.5, 0.6) is 5.75 Å². The number of amides is 1. The van der Waals surface area contributed by atoms with Gasteiger partial charge in [-0.2, -0.15) is 0 Å². The summed E-state index contributed by atoms with van der Waals surface area (Å²) in [7, 11) is -4.07. The average Bonchev–Trinajstić information content (AvgIpc) is 2.89. The Morgan fingerprint density at radius 1 is 1.00 bits per heavy atom. The van der Waals surface area contributed by atoms with Crippen molar-refractivity contribution in [3.63, 3.8) is 0 Å². The fourth-order valence-electron chi connectivity index (χ4n) is 5.66. The number of benzene rings is 3. The Balaban J connectivity index is 1.38. The molecule has 0 bridgehead atoms. The quantitative estimate of drug-likeness (QED) is 0.382. The summed E-state index contributed by atoms with van der Waals surface area (Å²) in [6.07, 6.45) is 1.92. The Hall–Kier alpha value is -3.23. The molecule has 0 unspecified atom stereocenters. The summed E-state index contributed by atoms with van der Waals surface area (Å²) in [6.45, 7) is 10.2. The first kappa shape index (κ1) is 28.3. The normalized spacial score (nSPS) is 22.0. The predicted molar refractivity (Wildman–Crippen MR) is 151 cm³/mol. The Bertz CT molecular complexity index is 1510. The van der Waals surface area contributed by atoms with Crippen LogP contribution >= 0.6 is 0 Å². The molecule has 6 nitrogen and oxygen atoms in total. The van der Waals surface area contributed by atoms with Crippen LogP contribution in [-0.2, 0) is 26.6 Å². The SMILES string of the molecule is CC(C)(C)c1ccc(S(=O)(=O)NC(=O)c2ccc3c(c2)[C@@H]2O[C@H](Cc4ccc(F)cc4)CC[C@H]2C(C)(C)O3)cc1. The molecular weight excluding hydrogens is 529 g/mol. The van der Waals surface area contributed by atoms with Crippen molar-refractivity contribution in [1.82, 2.24) is 4.72 Å². The second-order valence-corrected chi connectivity index (χ2v) is 14.0. The highest BCUT2D eigenvalue weighted by molar-refractivity contribution is 7.90. The number of carbonyl (C=O) groups excluding carboxylic acids is 1. The molecule has 0 spiro atoms. The minimum Gasteiger partial charge on any atom is -0.487 e. The summed E-state index contributed by atoms with van der Waals surface area (Å²) >= 11 is 0. The van der Waals surface area contributed by atoms with E-state index in [0.717, 1.165) is 29.5 Å². The molecule has 3 aromatic carbocycles. The van der Waals surface area contributed by atoms with Crippen LogP contribution in [0.1, 0.15) is 80.6 Å². The van der Waals surface area contributed by atoms with Gasteiger partial charge < -0.3 is 9.47 Å². The minimum absolute atomic E-state index is 0.0243. The number of sulfonamides is 1. The highest BCUT2D eigenvalue weighted by Gasteiger charge is 2.47. The fraction of sp³-hybridized carbons (Fsp3) is 0.406. The molecule has 3 atom stereocenters. The highest BCUT2D eigenvalue weighted by Crippen LogP contribution is 2.51. The molecule has 3 aromatic rings. The number of halogens is 1. The summed E-state index contributed by atoms with van der Waals surface area (Å²) < 4.78 is 54.5. The van der Waals surface area contributed by atoms with Crippen LogP contribution in [-0.4, -0.2) is 26.0 Å². The molecule has 1 N–H and O–H groups in total. The molecule has 1 amide bonds. The molecule has 8 heteroatoms. The summed E-state index contributed by atoms with van der Waals surface area (Å²) in [5.41, 5.74) is 2.32. The van der Waals surface area contributed by atoms with E-state index in [9.17, 15) is 17.6 Å². The second-order valence-electron chi connectivity index (χ2n) is 12.4. The van der Waals surface area contributed by atoms with E-state index in [1.807, 2.05) is 34.6 Å². The molecule has 1 saturated heterocycles. The molecule has 0 radical (unpaired) electrons. The third-order valence-electron chi connectivity index (χ3n) is 7.98. The lowest BCUT2D eigenvalue weighted by atomic mass is 9.74. The maximum Gasteiger partial charge on any atom is 0.265 e. The smallest absolute Gasteiger partial charge is 0.265 e. The lowest BCUT2D eigenvalue weighted by Gasteiger charge is -2.49. The van der Waals surface area contributed by atoms with Crippen LogP contribution in [0.15, 0.2) is 71.6 Å². The summed E-state index contributed by atoms with van der Waals surface area (Å²) in [5.74, 6) is -0.329. The number of fused-ring (bicyclic) bond motifs is 3. The van der Waals surface area contributed by atoms with Crippen molar-refractivity contribution in [1.29, 1.82) is 0 Å². The number of rotatable bonds is 5. The number of carbonyl (C=O) groups is 1. The summed E-state index contributed by atoms with van der Waals surface area (Å²) in [4.78, 5) is 13.2. The first-order valence-corrected chi connectivity index (χ1v) is 15.1. The van der Waals surface area contributed by atoms with E-state index in [0.29, 0.717) is 12.2 Å². The first-order valence-electron chi connectivity index (χ1n) is 13.6. The monoisotopic (exact) mass is 565 g/mol. The Morgan fingerprint density at radius 3 is 2.33 bits per heavy atom. The van der Waals surface area contributed by atoms with Gasteiger partial charge in [-0.15, -0.1) is 0 Å². The molecule has 2 aliphatic heterocycles. The maximum absolute atomic E-state index is 13.4. The molecular formula is C32H36FNO5S. The minimum atomic E-state index is -4.07. The number of hydrogen-bond donors (Lipinski definition) is 1. The molecule has 40 heavy (non-hydrogen) atoms. The van der Waals surface area contributed by atoms with Crippen LogP contribution in [0, 0.1) is 11.7 Å². The molecule has 5 rings (SSSR count). The van der Waals surface area contributed by atoms with Gasteiger partial charge in [0.2, 0.25) is 0 Å². The topological polar surface area (TPSA) is 81.7 Å². The van der Waals surface area contributed by atoms with E-state index < -0.39 is 21.5 Å². The third kappa shape index (κ3) is 5.79. The van der Waals surface area contributed by atoms with Crippen LogP contribution in [0.3, 0.4) is 0 Å². The Morgan fingerprint density at radius 2 is 1.68 bits per heavy atom. The van der Waals surface area contributed by atoms with Crippen LogP contribution in [0.2, 0.25) is 0 Å². The van der Waals surface area contributed by atoms with Crippen molar-refractivity contribution in [2.75, 3.05) is 0 Å². The molecule has 2 heterocycles. The van der Waals surface area contributed by atoms with Crippen LogP contribution < -0.4 is 9.46 Å². The molecule has 0 aromatic heterocycles. The van der Waals surface area contributed by atoms with Crippen molar-refractivity contribution >= 4 is 15.9 Å².